The molecule has 0 amide bonds. The first-order valence-corrected chi connectivity index (χ1v) is 7.30. The van der Waals surface area contributed by atoms with Crippen LogP contribution < -0.4 is 4.90 Å². The summed E-state index contributed by atoms with van der Waals surface area (Å²) in [6, 6.07) is 8.04. The molecule has 6 heteroatoms. The van der Waals surface area contributed by atoms with Crippen LogP contribution in [0.1, 0.15) is 5.69 Å². The second kappa shape index (κ2) is 5.06. The van der Waals surface area contributed by atoms with Crippen LogP contribution in [0.3, 0.4) is 0 Å². The van der Waals surface area contributed by atoms with Gasteiger partial charge in [-0.15, -0.1) is 5.10 Å². The zero-order valence-corrected chi connectivity index (χ0v) is 12.6. The summed E-state index contributed by atoms with van der Waals surface area (Å²) in [5.41, 5.74) is 3.88. The van der Waals surface area contributed by atoms with Crippen LogP contribution in [0.15, 0.2) is 36.7 Å². The molecule has 6 nitrogen and oxygen atoms in total. The first-order valence-electron chi connectivity index (χ1n) is 7.30. The van der Waals surface area contributed by atoms with Crippen LogP contribution in [0.25, 0.3) is 16.9 Å². The second-order valence-electron chi connectivity index (χ2n) is 5.55. The highest BCUT2D eigenvalue weighted by Gasteiger charge is 2.27. The molecule has 3 aromatic rings. The molecule has 0 spiro atoms. The molecule has 4 heterocycles. The number of nitrogens with zero attached hydrogens (tertiary/aromatic N) is 5. The number of anilines is 1. The topological polar surface area (TPSA) is 55.5 Å². The molecule has 0 N–H and O–H groups in total. The number of hydrogen-bond donors (Lipinski definition) is 0. The van der Waals surface area contributed by atoms with Gasteiger partial charge in [0.05, 0.1) is 18.0 Å². The third kappa shape index (κ3) is 2.12. The molecule has 0 aliphatic carbocycles. The minimum absolute atomic E-state index is 0.308. The van der Waals surface area contributed by atoms with Gasteiger partial charge in [0, 0.05) is 37.7 Å². The first kappa shape index (κ1) is 13.2. The summed E-state index contributed by atoms with van der Waals surface area (Å²) in [5.74, 6) is 0.950. The van der Waals surface area contributed by atoms with E-state index in [0.717, 1.165) is 41.5 Å². The Balaban J connectivity index is 1.74. The van der Waals surface area contributed by atoms with Crippen LogP contribution in [0.4, 0.5) is 5.82 Å². The number of methoxy groups -OCH3 is 1. The van der Waals surface area contributed by atoms with Crippen molar-refractivity contribution in [2.45, 2.75) is 13.0 Å². The van der Waals surface area contributed by atoms with E-state index in [4.69, 9.17) is 9.84 Å². The maximum atomic E-state index is 5.32. The zero-order valence-electron chi connectivity index (χ0n) is 12.6. The number of fused-ring (bicyclic) bond motifs is 1. The van der Waals surface area contributed by atoms with Gasteiger partial charge in [-0.2, -0.15) is 0 Å². The molecule has 1 aliphatic rings. The molecule has 0 radical (unpaired) electrons. The van der Waals surface area contributed by atoms with Gasteiger partial charge < -0.3 is 9.64 Å². The molecule has 0 atom stereocenters. The van der Waals surface area contributed by atoms with Crippen LogP contribution in [-0.4, -0.2) is 45.9 Å². The lowest BCUT2D eigenvalue weighted by molar-refractivity contribution is 0.0782. The lowest BCUT2D eigenvalue weighted by Crippen LogP contribution is -2.52. The normalized spacial score (nSPS) is 15.3. The van der Waals surface area contributed by atoms with Crippen LogP contribution >= 0.6 is 0 Å². The van der Waals surface area contributed by atoms with Gasteiger partial charge in [-0.05, 0) is 31.2 Å². The third-order valence-corrected chi connectivity index (χ3v) is 4.05. The SMILES string of the molecule is COC1CN(c2ccc3ncc(-c4ccnc(C)c4)n3n2)C1. The summed E-state index contributed by atoms with van der Waals surface area (Å²) in [5, 5.41) is 4.74. The highest BCUT2D eigenvalue weighted by atomic mass is 16.5. The lowest BCUT2D eigenvalue weighted by atomic mass is 10.1. The van der Waals surface area contributed by atoms with E-state index in [1.165, 1.54) is 0 Å². The summed E-state index contributed by atoms with van der Waals surface area (Å²) >= 11 is 0. The number of hydrogen-bond acceptors (Lipinski definition) is 5. The molecular formula is C16H17N5O. The Labute approximate surface area is 128 Å². The van der Waals surface area contributed by atoms with Gasteiger partial charge in [-0.1, -0.05) is 0 Å². The molecule has 1 saturated heterocycles. The van der Waals surface area contributed by atoms with Crippen molar-refractivity contribution < 1.29 is 4.74 Å². The standard InChI is InChI=1S/C16H17N5O/c1-11-7-12(5-6-17-11)14-8-18-15-3-4-16(19-21(14)15)20-9-13(10-20)22-2/h3-8,13H,9-10H2,1-2H3. The number of aryl methyl sites for hydroxylation is 1. The number of aromatic nitrogens is 4. The monoisotopic (exact) mass is 295 g/mol. The quantitative estimate of drug-likeness (QED) is 0.739. The second-order valence-corrected chi connectivity index (χ2v) is 5.55. The maximum Gasteiger partial charge on any atom is 0.154 e. The van der Waals surface area contributed by atoms with Gasteiger partial charge in [0.25, 0.3) is 0 Å². The highest BCUT2D eigenvalue weighted by Crippen LogP contribution is 2.24. The first-order chi connectivity index (χ1) is 10.7. The Bertz CT molecular complexity index is 822. The van der Waals surface area contributed by atoms with E-state index in [1.807, 2.05) is 48.1 Å². The molecule has 22 heavy (non-hydrogen) atoms. The van der Waals surface area contributed by atoms with Crippen molar-refractivity contribution in [3.63, 3.8) is 0 Å². The largest absolute Gasteiger partial charge is 0.378 e. The van der Waals surface area contributed by atoms with Gasteiger partial charge in [-0.25, -0.2) is 9.50 Å². The van der Waals surface area contributed by atoms with Crippen LogP contribution in [-0.2, 0) is 4.74 Å². The summed E-state index contributed by atoms with van der Waals surface area (Å²) < 4.78 is 7.21. The summed E-state index contributed by atoms with van der Waals surface area (Å²) in [7, 11) is 1.75. The summed E-state index contributed by atoms with van der Waals surface area (Å²) in [6.07, 6.45) is 3.98. The number of rotatable bonds is 3. The van der Waals surface area contributed by atoms with E-state index in [2.05, 4.69) is 14.9 Å². The fourth-order valence-electron chi connectivity index (χ4n) is 2.71. The molecule has 3 aromatic heterocycles. The van der Waals surface area contributed by atoms with E-state index in [-0.39, 0.29) is 0 Å². The van der Waals surface area contributed by atoms with E-state index in [9.17, 15) is 0 Å². The smallest absolute Gasteiger partial charge is 0.154 e. The number of ether oxygens (including phenoxy) is 1. The lowest BCUT2D eigenvalue weighted by Gasteiger charge is -2.38. The zero-order chi connectivity index (χ0) is 15.1. The summed E-state index contributed by atoms with van der Waals surface area (Å²) in [6.45, 7) is 3.75. The predicted molar refractivity (Wildman–Crippen MR) is 84.0 cm³/mol. The number of imidazole rings is 1. The number of pyridine rings is 1. The van der Waals surface area contributed by atoms with E-state index < -0.39 is 0 Å². The van der Waals surface area contributed by atoms with Crippen molar-refractivity contribution in [3.05, 3.63) is 42.4 Å². The molecular weight excluding hydrogens is 278 g/mol. The van der Waals surface area contributed by atoms with Gasteiger partial charge in [-0.3, -0.25) is 4.98 Å². The van der Waals surface area contributed by atoms with Crippen molar-refractivity contribution in [3.8, 4) is 11.3 Å². The minimum atomic E-state index is 0.308. The fourth-order valence-corrected chi connectivity index (χ4v) is 2.71. The Morgan fingerprint density at radius 3 is 2.82 bits per heavy atom. The Morgan fingerprint density at radius 1 is 1.18 bits per heavy atom. The van der Waals surface area contributed by atoms with Crippen molar-refractivity contribution in [2.75, 3.05) is 25.1 Å². The molecule has 112 valence electrons. The maximum absolute atomic E-state index is 5.32. The van der Waals surface area contributed by atoms with E-state index in [0.29, 0.717) is 6.10 Å². The highest BCUT2D eigenvalue weighted by molar-refractivity contribution is 5.63. The van der Waals surface area contributed by atoms with Crippen molar-refractivity contribution in [1.82, 2.24) is 19.6 Å². The molecule has 4 rings (SSSR count). The molecule has 1 fully saturated rings. The van der Waals surface area contributed by atoms with Gasteiger partial charge in [0.15, 0.2) is 5.65 Å². The van der Waals surface area contributed by atoms with Crippen molar-refractivity contribution in [1.29, 1.82) is 0 Å². The summed E-state index contributed by atoms with van der Waals surface area (Å²) in [4.78, 5) is 10.9. The average Bonchev–Trinajstić information content (AvgIpc) is 2.89. The Kier molecular flexibility index (Phi) is 3.04. The fraction of sp³-hybridized carbons (Fsp3) is 0.312. The van der Waals surface area contributed by atoms with Gasteiger partial charge in [0.1, 0.15) is 5.82 Å². The van der Waals surface area contributed by atoms with Crippen molar-refractivity contribution >= 4 is 11.5 Å². The molecule has 0 aromatic carbocycles. The van der Waals surface area contributed by atoms with E-state index >= 15 is 0 Å². The molecule has 0 bridgehead atoms. The molecule has 0 saturated carbocycles. The van der Waals surface area contributed by atoms with Crippen LogP contribution in [0, 0.1) is 6.92 Å². The third-order valence-electron chi connectivity index (χ3n) is 4.05. The Morgan fingerprint density at radius 2 is 2.05 bits per heavy atom. The van der Waals surface area contributed by atoms with E-state index in [1.54, 1.807) is 7.11 Å². The molecule has 0 unspecified atom stereocenters. The average molecular weight is 295 g/mol. The van der Waals surface area contributed by atoms with Gasteiger partial charge in [0.2, 0.25) is 0 Å². The van der Waals surface area contributed by atoms with Gasteiger partial charge >= 0.3 is 0 Å². The van der Waals surface area contributed by atoms with Crippen LogP contribution in [0.2, 0.25) is 0 Å². The minimum Gasteiger partial charge on any atom is -0.378 e. The predicted octanol–water partition coefficient (Wildman–Crippen LogP) is 1.93. The van der Waals surface area contributed by atoms with Crippen LogP contribution in [0.5, 0.6) is 0 Å². The van der Waals surface area contributed by atoms with Crippen molar-refractivity contribution in [2.24, 2.45) is 0 Å². The molecule has 1 aliphatic heterocycles. The Hall–Kier alpha value is -2.47.